The standard InChI is InChI=1S/C28H21BrN4O8/c1-3-39-25(34)15-40-26-21(33(36)37)10-16(11-23(26)38-2)14-30-32-27(31-20-7-5-4-6-19(20)28(32)35)24-13-17-12-18(29)8-9-22(17)41-24/h4-14H,3,15H2,1-2H3. The fourth-order valence-electron chi connectivity index (χ4n) is 4.09. The van der Waals surface area contributed by atoms with Crippen LogP contribution in [0.15, 0.2) is 79.4 Å². The molecule has 5 aromatic rings. The quantitative estimate of drug-likeness (QED) is 0.0924. The highest BCUT2D eigenvalue weighted by Gasteiger charge is 2.24. The predicted octanol–water partition coefficient (Wildman–Crippen LogP) is 5.31. The van der Waals surface area contributed by atoms with Gasteiger partial charge in [0.05, 0.1) is 35.8 Å². The molecule has 208 valence electrons. The van der Waals surface area contributed by atoms with E-state index in [0.717, 1.165) is 14.5 Å². The molecule has 2 aromatic heterocycles. The van der Waals surface area contributed by atoms with Gasteiger partial charge >= 0.3 is 11.7 Å². The smallest absolute Gasteiger partial charge is 0.344 e. The second-order valence-electron chi connectivity index (χ2n) is 8.53. The third kappa shape index (κ3) is 5.65. The molecule has 41 heavy (non-hydrogen) atoms. The summed E-state index contributed by atoms with van der Waals surface area (Å²) in [6.45, 7) is 1.21. The van der Waals surface area contributed by atoms with Gasteiger partial charge in [0, 0.05) is 21.5 Å². The molecule has 2 heterocycles. The molecule has 3 aromatic carbocycles. The first-order valence-corrected chi connectivity index (χ1v) is 13.0. The summed E-state index contributed by atoms with van der Waals surface area (Å²) in [5, 5.41) is 17.3. The number of halogens is 1. The molecule has 0 fully saturated rings. The van der Waals surface area contributed by atoms with Gasteiger partial charge in [-0.15, -0.1) is 0 Å². The minimum atomic E-state index is -0.692. The molecule has 0 atom stereocenters. The van der Waals surface area contributed by atoms with E-state index < -0.39 is 28.7 Å². The van der Waals surface area contributed by atoms with Crippen LogP contribution in [0.5, 0.6) is 11.5 Å². The fraction of sp³-hybridized carbons (Fsp3) is 0.143. The van der Waals surface area contributed by atoms with Gasteiger partial charge in [0.2, 0.25) is 11.6 Å². The second kappa shape index (κ2) is 11.6. The number of hydrogen-bond donors (Lipinski definition) is 0. The lowest BCUT2D eigenvalue weighted by molar-refractivity contribution is -0.385. The summed E-state index contributed by atoms with van der Waals surface area (Å²) in [7, 11) is 1.30. The largest absolute Gasteiger partial charge is 0.493 e. The molecule has 0 saturated carbocycles. The Kier molecular flexibility index (Phi) is 7.79. The lowest BCUT2D eigenvalue weighted by Crippen LogP contribution is -2.20. The third-order valence-corrected chi connectivity index (χ3v) is 6.38. The summed E-state index contributed by atoms with van der Waals surface area (Å²) in [5.41, 5.74) is 0.305. The Labute approximate surface area is 240 Å². The van der Waals surface area contributed by atoms with Crippen LogP contribution in [-0.4, -0.2) is 47.1 Å². The molecule has 0 N–H and O–H groups in total. The van der Waals surface area contributed by atoms with E-state index in [1.807, 2.05) is 12.1 Å². The summed E-state index contributed by atoms with van der Waals surface area (Å²) in [6, 6.07) is 16.6. The van der Waals surface area contributed by atoms with Gasteiger partial charge in [0.1, 0.15) is 5.58 Å². The van der Waals surface area contributed by atoms with E-state index in [-0.39, 0.29) is 29.5 Å². The molecule has 0 spiro atoms. The van der Waals surface area contributed by atoms with Crippen LogP contribution in [0.25, 0.3) is 33.5 Å². The average molecular weight is 621 g/mol. The minimum absolute atomic E-state index is 0.0167. The highest BCUT2D eigenvalue weighted by molar-refractivity contribution is 9.10. The van der Waals surface area contributed by atoms with Crippen LogP contribution in [0.4, 0.5) is 5.69 Å². The first-order valence-electron chi connectivity index (χ1n) is 12.2. The topological polar surface area (TPSA) is 148 Å². The number of hydrogen-bond acceptors (Lipinski definition) is 10. The summed E-state index contributed by atoms with van der Waals surface area (Å²) >= 11 is 3.44. The number of rotatable bonds is 9. The Morgan fingerprint density at radius 1 is 1.20 bits per heavy atom. The Balaban J connectivity index is 1.62. The number of nitro groups is 1. The Hall–Kier alpha value is -5.04. The molecule has 12 nitrogen and oxygen atoms in total. The number of benzene rings is 3. The van der Waals surface area contributed by atoms with Crippen LogP contribution in [0.2, 0.25) is 0 Å². The molecule has 0 saturated heterocycles. The van der Waals surface area contributed by atoms with Crippen molar-refractivity contribution in [3.8, 4) is 23.1 Å². The summed E-state index contributed by atoms with van der Waals surface area (Å²) in [4.78, 5) is 41.1. The van der Waals surface area contributed by atoms with Crippen molar-refractivity contribution < 1.29 is 28.3 Å². The monoisotopic (exact) mass is 620 g/mol. The number of methoxy groups -OCH3 is 1. The molecular weight excluding hydrogens is 600 g/mol. The molecule has 0 amide bonds. The Bertz CT molecular complexity index is 1900. The van der Waals surface area contributed by atoms with Crippen molar-refractivity contribution in [3.63, 3.8) is 0 Å². The fourth-order valence-corrected chi connectivity index (χ4v) is 4.47. The van der Waals surface area contributed by atoms with Gasteiger partial charge in [-0.25, -0.2) is 9.78 Å². The summed E-state index contributed by atoms with van der Waals surface area (Å²) < 4.78 is 23.4. The summed E-state index contributed by atoms with van der Waals surface area (Å²) in [6.07, 6.45) is 1.26. The predicted molar refractivity (Wildman–Crippen MR) is 154 cm³/mol. The molecule has 0 aliphatic rings. The zero-order chi connectivity index (χ0) is 29.1. The van der Waals surface area contributed by atoms with Gasteiger partial charge in [-0.3, -0.25) is 14.9 Å². The first kappa shape index (κ1) is 27.5. The number of carbonyl (C=O) groups is 1. The number of aromatic nitrogens is 2. The van der Waals surface area contributed by atoms with Crippen LogP contribution >= 0.6 is 15.9 Å². The molecular formula is C28H21BrN4O8. The minimum Gasteiger partial charge on any atom is -0.493 e. The van der Waals surface area contributed by atoms with Crippen molar-refractivity contribution in [2.75, 3.05) is 20.3 Å². The van der Waals surface area contributed by atoms with Gasteiger partial charge in [0.15, 0.2) is 18.1 Å². The number of fused-ring (bicyclic) bond motifs is 2. The van der Waals surface area contributed by atoms with Crippen LogP contribution in [-0.2, 0) is 9.53 Å². The third-order valence-electron chi connectivity index (χ3n) is 5.89. The van der Waals surface area contributed by atoms with Crippen LogP contribution < -0.4 is 15.0 Å². The van der Waals surface area contributed by atoms with Crippen molar-refractivity contribution in [1.29, 1.82) is 0 Å². The van der Waals surface area contributed by atoms with Crippen molar-refractivity contribution in [2.24, 2.45) is 5.10 Å². The van der Waals surface area contributed by atoms with E-state index in [1.165, 1.54) is 25.5 Å². The lowest BCUT2D eigenvalue weighted by Gasteiger charge is -2.11. The van der Waals surface area contributed by atoms with Crippen molar-refractivity contribution in [1.82, 2.24) is 9.66 Å². The van der Waals surface area contributed by atoms with Gasteiger partial charge in [0.25, 0.3) is 5.56 Å². The Morgan fingerprint density at radius 3 is 2.76 bits per heavy atom. The number of para-hydroxylation sites is 1. The summed E-state index contributed by atoms with van der Waals surface area (Å²) in [5.74, 6) is -0.529. The van der Waals surface area contributed by atoms with Crippen molar-refractivity contribution in [3.05, 3.63) is 91.2 Å². The van der Waals surface area contributed by atoms with E-state index >= 15 is 0 Å². The molecule has 13 heteroatoms. The maximum absolute atomic E-state index is 13.5. The number of furan rings is 1. The number of nitrogens with zero attached hydrogens (tertiary/aromatic N) is 4. The maximum atomic E-state index is 13.5. The molecule has 0 radical (unpaired) electrons. The number of ether oxygens (including phenoxy) is 3. The van der Waals surface area contributed by atoms with Crippen LogP contribution in [0.1, 0.15) is 12.5 Å². The van der Waals surface area contributed by atoms with E-state index in [9.17, 15) is 19.7 Å². The number of carbonyl (C=O) groups excluding carboxylic acids is 1. The van der Waals surface area contributed by atoms with E-state index in [2.05, 4.69) is 26.0 Å². The SMILES string of the molecule is CCOC(=O)COc1c(OC)cc(C=Nn2c(-c3cc4cc(Br)ccc4o3)nc3ccccc3c2=O)cc1[N+](=O)[O-]. The normalized spacial score (nSPS) is 11.3. The average Bonchev–Trinajstić information content (AvgIpc) is 3.38. The van der Waals surface area contributed by atoms with Crippen LogP contribution in [0.3, 0.4) is 0 Å². The van der Waals surface area contributed by atoms with E-state index in [4.69, 9.17) is 18.6 Å². The van der Waals surface area contributed by atoms with Crippen molar-refractivity contribution in [2.45, 2.75) is 6.92 Å². The van der Waals surface area contributed by atoms with Crippen molar-refractivity contribution >= 4 is 55.7 Å². The lowest BCUT2D eigenvalue weighted by atomic mass is 10.2. The molecule has 0 aliphatic heterocycles. The van der Waals surface area contributed by atoms with Crippen LogP contribution in [0, 0.1) is 10.1 Å². The second-order valence-corrected chi connectivity index (χ2v) is 9.44. The molecule has 0 unspecified atom stereocenters. The van der Waals surface area contributed by atoms with E-state index in [1.54, 1.807) is 43.3 Å². The van der Waals surface area contributed by atoms with E-state index in [0.29, 0.717) is 22.2 Å². The van der Waals surface area contributed by atoms with Gasteiger partial charge in [-0.2, -0.15) is 9.78 Å². The molecule has 5 rings (SSSR count). The first-order chi connectivity index (χ1) is 19.8. The highest BCUT2D eigenvalue weighted by atomic mass is 79.9. The highest BCUT2D eigenvalue weighted by Crippen LogP contribution is 2.38. The maximum Gasteiger partial charge on any atom is 0.344 e. The zero-order valence-electron chi connectivity index (χ0n) is 21.7. The number of nitro benzene ring substituents is 1. The Morgan fingerprint density at radius 2 is 2.00 bits per heavy atom. The van der Waals surface area contributed by atoms with Gasteiger partial charge in [-0.05, 0) is 49.4 Å². The van der Waals surface area contributed by atoms with Gasteiger partial charge < -0.3 is 18.6 Å². The molecule has 0 bridgehead atoms. The molecule has 0 aliphatic carbocycles. The van der Waals surface area contributed by atoms with Gasteiger partial charge in [-0.1, -0.05) is 28.1 Å². The number of esters is 1. The zero-order valence-corrected chi connectivity index (χ0v) is 23.3.